The molecular weight excluding hydrogens is 408 g/mol. The van der Waals surface area contributed by atoms with E-state index < -0.39 is 18.5 Å². The van der Waals surface area contributed by atoms with Crippen LogP contribution >= 0.6 is 11.8 Å². The number of rotatable bonds is 7. The second-order valence-electron chi connectivity index (χ2n) is 6.56. The molecule has 30 heavy (non-hydrogen) atoms. The normalized spacial score (nSPS) is 12.1. The number of carbonyl (C=O) groups is 3. The first kappa shape index (κ1) is 21.5. The van der Waals surface area contributed by atoms with E-state index >= 15 is 0 Å². The Bertz CT molecular complexity index is 947. The van der Waals surface area contributed by atoms with Crippen LogP contribution in [-0.4, -0.2) is 62.4 Å². The van der Waals surface area contributed by atoms with Crippen molar-refractivity contribution in [2.75, 3.05) is 45.0 Å². The first-order valence-electron chi connectivity index (χ1n) is 9.22. The topological polar surface area (TPSA) is 94.2 Å². The Kier molecular flexibility index (Phi) is 7.18. The lowest BCUT2D eigenvalue weighted by molar-refractivity contribution is -0.125. The van der Waals surface area contributed by atoms with Gasteiger partial charge in [0.2, 0.25) is 5.91 Å². The van der Waals surface area contributed by atoms with Crippen LogP contribution in [0.15, 0.2) is 47.4 Å². The van der Waals surface area contributed by atoms with Gasteiger partial charge in [0.25, 0.3) is 5.91 Å². The smallest absolute Gasteiger partial charge is 0.339 e. The van der Waals surface area contributed by atoms with E-state index in [0.29, 0.717) is 40.9 Å². The molecular formula is C21H22N2O6S. The van der Waals surface area contributed by atoms with Gasteiger partial charge in [-0.2, -0.15) is 0 Å². The van der Waals surface area contributed by atoms with E-state index in [0.717, 1.165) is 0 Å². The molecule has 3 rings (SSSR count). The van der Waals surface area contributed by atoms with Crippen LogP contribution in [0, 0.1) is 0 Å². The number of ether oxygens (including phenoxy) is 3. The molecule has 0 saturated heterocycles. The van der Waals surface area contributed by atoms with Gasteiger partial charge >= 0.3 is 5.97 Å². The number of hydrogen-bond donors (Lipinski definition) is 1. The molecule has 1 aliphatic rings. The lowest BCUT2D eigenvalue weighted by Gasteiger charge is -2.19. The summed E-state index contributed by atoms with van der Waals surface area (Å²) >= 11 is 1.24. The van der Waals surface area contributed by atoms with Crippen LogP contribution in [0.5, 0.6) is 11.5 Å². The Labute approximate surface area is 178 Å². The van der Waals surface area contributed by atoms with Crippen molar-refractivity contribution in [1.29, 1.82) is 0 Å². The molecule has 2 aromatic carbocycles. The Morgan fingerprint density at radius 2 is 1.80 bits per heavy atom. The maximum atomic E-state index is 12.4. The van der Waals surface area contributed by atoms with Gasteiger partial charge < -0.3 is 24.4 Å². The molecule has 0 atom stereocenters. The zero-order valence-electron chi connectivity index (χ0n) is 16.7. The number of hydrogen-bond acceptors (Lipinski definition) is 7. The van der Waals surface area contributed by atoms with E-state index in [4.69, 9.17) is 14.2 Å². The SMILES string of the molecule is CN(C)C(=O)CSc1ccccc1C(=O)OCC(=O)Nc1ccc2c(c1)OCCO2. The monoisotopic (exact) mass is 430 g/mol. The summed E-state index contributed by atoms with van der Waals surface area (Å²) in [7, 11) is 3.34. The third kappa shape index (κ3) is 5.66. The van der Waals surface area contributed by atoms with Gasteiger partial charge in [-0.05, 0) is 24.3 Å². The third-order valence-corrected chi connectivity index (χ3v) is 5.18. The molecule has 158 valence electrons. The third-order valence-electron chi connectivity index (χ3n) is 4.12. The number of carbonyl (C=O) groups excluding carboxylic acids is 3. The fraction of sp³-hybridized carbons (Fsp3) is 0.286. The maximum absolute atomic E-state index is 12.4. The van der Waals surface area contributed by atoms with Gasteiger partial charge in [-0.25, -0.2) is 4.79 Å². The predicted octanol–water partition coefficient (Wildman–Crippen LogP) is 2.43. The van der Waals surface area contributed by atoms with E-state index in [-0.39, 0.29) is 11.7 Å². The molecule has 0 saturated carbocycles. The zero-order valence-corrected chi connectivity index (χ0v) is 17.5. The van der Waals surface area contributed by atoms with Crippen molar-refractivity contribution in [3.05, 3.63) is 48.0 Å². The molecule has 0 spiro atoms. The Hall–Kier alpha value is -3.20. The summed E-state index contributed by atoms with van der Waals surface area (Å²) in [6, 6.07) is 11.8. The van der Waals surface area contributed by atoms with Crippen LogP contribution in [0.3, 0.4) is 0 Å². The quantitative estimate of drug-likeness (QED) is 0.533. The summed E-state index contributed by atoms with van der Waals surface area (Å²) in [5.41, 5.74) is 0.819. The minimum absolute atomic E-state index is 0.0676. The van der Waals surface area contributed by atoms with E-state index in [1.807, 2.05) is 0 Å². The first-order chi connectivity index (χ1) is 14.4. The van der Waals surface area contributed by atoms with Crippen LogP contribution in [0.25, 0.3) is 0 Å². The van der Waals surface area contributed by atoms with Crippen molar-refractivity contribution in [2.24, 2.45) is 0 Å². The molecule has 1 N–H and O–H groups in total. The highest BCUT2D eigenvalue weighted by Gasteiger charge is 2.17. The Morgan fingerprint density at radius 3 is 2.57 bits per heavy atom. The number of thioether (sulfide) groups is 1. The Morgan fingerprint density at radius 1 is 1.07 bits per heavy atom. The van der Waals surface area contributed by atoms with Gasteiger partial charge in [0.05, 0.1) is 11.3 Å². The van der Waals surface area contributed by atoms with Gasteiger partial charge in [-0.15, -0.1) is 11.8 Å². The summed E-state index contributed by atoms with van der Waals surface area (Å²) in [5.74, 6) is 0.187. The first-order valence-corrected chi connectivity index (χ1v) is 10.2. The average Bonchev–Trinajstić information content (AvgIpc) is 2.75. The second-order valence-corrected chi connectivity index (χ2v) is 7.57. The molecule has 0 aliphatic carbocycles. The molecule has 8 nitrogen and oxygen atoms in total. The van der Waals surface area contributed by atoms with Gasteiger partial charge in [-0.1, -0.05) is 12.1 Å². The highest BCUT2D eigenvalue weighted by atomic mass is 32.2. The maximum Gasteiger partial charge on any atom is 0.339 e. The number of anilines is 1. The van der Waals surface area contributed by atoms with Crippen LogP contribution < -0.4 is 14.8 Å². The summed E-state index contributed by atoms with van der Waals surface area (Å²) in [6.07, 6.45) is 0. The van der Waals surface area contributed by atoms with Crippen LogP contribution in [0.4, 0.5) is 5.69 Å². The summed E-state index contributed by atoms with van der Waals surface area (Å²) in [6.45, 7) is 0.486. The lowest BCUT2D eigenvalue weighted by atomic mass is 10.2. The molecule has 0 bridgehead atoms. The largest absolute Gasteiger partial charge is 0.486 e. The predicted molar refractivity (Wildman–Crippen MR) is 112 cm³/mol. The van der Waals surface area contributed by atoms with Crippen LogP contribution in [0.1, 0.15) is 10.4 Å². The van der Waals surface area contributed by atoms with Crippen molar-refractivity contribution in [3.63, 3.8) is 0 Å². The minimum atomic E-state index is -0.632. The fourth-order valence-electron chi connectivity index (χ4n) is 2.56. The molecule has 2 aromatic rings. The van der Waals surface area contributed by atoms with Gasteiger partial charge in [-0.3, -0.25) is 9.59 Å². The molecule has 2 amide bonds. The van der Waals surface area contributed by atoms with E-state index in [1.54, 1.807) is 56.6 Å². The van der Waals surface area contributed by atoms with Gasteiger partial charge in [0.1, 0.15) is 13.2 Å². The summed E-state index contributed by atoms with van der Waals surface area (Å²) in [5, 5.41) is 2.66. The van der Waals surface area contributed by atoms with Gasteiger partial charge in [0.15, 0.2) is 18.1 Å². The minimum Gasteiger partial charge on any atom is -0.486 e. The van der Waals surface area contributed by atoms with Gasteiger partial charge in [0, 0.05) is 30.7 Å². The van der Waals surface area contributed by atoms with Crippen LogP contribution in [0.2, 0.25) is 0 Å². The standard InChI is InChI=1S/C21H22N2O6S/c1-23(2)20(25)13-30-18-6-4-3-5-15(18)21(26)29-12-19(24)22-14-7-8-16-17(11-14)28-10-9-27-16/h3-8,11H,9-10,12-13H2,1-2H3,(H,22,24). The molecule has 1 heterocycles. The molecule has 0 unspecified atom stereocenters. The molecule has 1 aliphatic heterocycles. The van der Waals surface area contributed by atoms with Crippen molar-refractivity contribution < 1.29 is 28.6 Å². The lowest BCUT2D eigenvalue weighted by Crippen LogP contribution is -2.23. The number of esters is 1. The van der Waals surface area contributed by atoms with E-state index in [9.17, 15) is 14.4 Å². The molecule has 0 aromatic heterocycles. The second kappa shape index (κ2) is 10.0. The van der Waals surface area contributed by atoms with E-state index in [2.05, 4.69) is 5.32 Å². The fourth-order valence-corrected chi connectivity index (χ4v) is 3.58. The number of benzene rings is 2. The van der Waals surface area contributed by atoms with Crippen molar-refractivity contribution in [3.8, 4) is 11.5 Å². The molecule has 0 fully saturated rings. The number of nitrogens with zero attached hydrogens (tertiary/aromatic N) is 1. The molecule has 0 radical (unpaired) electrons. The number of amides is 2. The Balaban J connectivity index is 1.55. The average molecular weight is 430 g/mol. The highest BCUT2D eigenvalue weighted by Crippen LogP contribution is 2.32. The summed E-state index contributed by atoms with van der Waals surface area (Å²) in [4.78, 5) is 38.5. The highest BCUT2D eigenvalue weighted by molar-refractivity contribution is 8.00. The van der Waals surface area contributed by atoms with E-state index in [1.165, 1.54) is 16.7 Å². The summed E-state index contributed by atoms with van der Waals surface area (Å²) < 4.78 is 16.1. The molecule has 9 heteroatoms. The zero-order chi connectivity index (χ0) is 21.5. The van der Waals surface area contributed by atoms with Crippen molar-refractivity contribution in [2.45, 2.75) is 4.90 Å². The number of nitrogens with one attached hydrogen (secondary N) is 1. The number of fused-ring (bicyclic) bond motifs is 1. The van der Waals surface area contributed by atoms with Crippen molar-refractivity contribution in [1.82, 2.24) is 4.90 Å². The van der Waals surface area contributed by atoms with Crippen LogP contribution in [-0.2, 0) is 14.3 Å². The van der Waals surface area contributed by atoms with Crippen molar-refractivity contribution >= 4 is 35.2 Å².